The van der Waals surface area contributed by atoms with Crippen LogP contribution >= 0.6 is 15.3 Å². The highest BCUT2D eigenvalue weighted by atomic mass is 79.9. The van der Waals surface area contributed by atoms with Crippen LogP contribution in [-0.4, -0.2) is 47.1 Å². The molecule has 0 aliphatic carbocycles. The average molecular weight is 510 g/mol. The van der Waals surface area contributed by atoms with Crippen molar-refractivity contribution in [1.82, 2.24) is 0 Å². The quantitative estimate of drug-likeness (QED) is 0.253. The second kappa shape index (κ2) is 6.26. The highest BCUT2D eigenvalue weighted by molar-refractivity contribution is 9.27. The maximum atomic E-state index is 4.76. The summed E-state index contributed by atoms with van der Waals surface area (Å²) in [6, 6.07) is 0. The zero-order valence-electron chi connectivity index (χ0n) is 19.9. The standard InChI is InChI=1S/C18H45BrSi6/c1-20(2,3)16-17(21(4,5)6)25(16,19)18(22(7,8)9,23(10,11)12)24(13,14)15/h1-15H3. The van der Waals surface area contributed by atoms with Gasteiger partial charge in [-0.3, -0.25) is 0 Å². The molecule has 0 radical (unpaired) electrons. The lowest BCUT2D eigenvalue weighted by Gasteiger charge is -2.63. The molecule has 0 unspecified atom stereocenters. The van der Waals surface area contributed by atoms with Crippen LogP contribution in [0.5, 0.6) is 0 Å². The minimum atomic E-state index is -1.67. The summed E-state index contributed by atoms with van der Waals surface area (Å²) in [6.07, 6.45) is 0. The molecule has 0 aromatic rings. The summed E-state index contributed by atoms with van der Waals surface area (Å²) in [5.41, 5.74) is 0. The van der Waals surface area contributed by atoms with Gasteiger partial charge in [0.2, 0.25) is 0 Å². The van der Waals surface area contributed by atoms with Gasteiger partial charge in [-0.15, -0.1) is 15.3 Å². The molecule has 0 aromatic heterocycles. The topological polar surface area (TPSA) is 0 Å². The second-order valence-corrected chi connectivity index (χ2v) is 49.8. The molecular weight excluding hydrogens is 465 g/mol. The summed E-state index contributed by atoms with van der Waals surface area (Å²) in [6.45, 7) is 38.6. The van der Waals surface area contributed by atoms with Crippen molar-refractivity contribution in [3.8, 4) is 0 Å². The minimum Gasteiger partial charge on any atom is -0.116 e. The van der Waals surface area contributed by atoms with E-state index in [2.05, 4.69) is 108 Å². The third-order valence-corrected chi connectivity index (χ3v) is 60.0. The third-order valence-electron chi connectivity index (χ3n) is 6.27. The Hall–Kier alpha value is 1.52. The second-order valence-electron chi connectivity index (χ2n) is 13.4. The van der Waals surface area contributed by atoms with Gasteiger partial charge in [-0.05, 0) is 3.91 Å². The molecule has 0 N–H and O–H groups in total. The summed E-state index contributed by atoms with van der Waals surface area (Å²) in [7, 11) is -6.71. The summed E-state index contributed by atoms with van der Waals surface area (Å²) in [4.78, 5) is 4.15. The Balaban J connectivity index is 3.99. The van der Waals surface area contributed by atoms with Crippen LogP contribution in [-0.2, 0) is 0 Å². The number of hydrogen-bond acceptors (Lipinski definition) is 0. The van der Waals surface area contributed by atoms with E-state index in [0.717, 1.165) is 0 Å². The minimum absolute atomic E-state index is 0.686. The molecule has 0 bridgehead atoms. The lowest BCUT2D eigenvalue weighted by Crippen LogP contribution is -2.74. The fourth-order valence-corrected chi connectivity index (χ4v) is 99.5. The van der Waals surface area contributed by atoms with Crippen molar-refractivity contribution >= 4 is 62.4 Å². The van der Waals surface area contributed by atoms with Gasteiger partial charge in [0.15, 0.2) is 6.69 Å². The van der Waals surface area contributed by atoms with Crippen molar-refractivity contribution < 1.29 is 0 Å². The van der Waals surface area contributed by atoms with Crippen molar-refractivity contribution in [2.24, 2.45) is 0 Å². The normalized spacial score (nSPS) is 20.2. The van der Waals surface area contributed by atoms with Crippen LogP contribution in [0.1, 0.15) is 0 Å². The van der Waals surface area contributed by atoms with E-state index in [-0.39, 0.29) is 0 Å². The molecule has 0 amide bonds. The van der Waals surface area contributed by atoms with Crippen LogP contribution in [0, 0.1) is 0 Å². The molecular formula is C18H45BrSi6. The zero-order valence-corrected chi connectivity index (χ0v) is 27.5. The van der Waals surface area contributed by atoms with Crippen LogP contribution in [0.4, 0.5) is 0 Å². The van der Waals surface area contributed by atoms with E-state index in [1.807, 2.05) is 0 Å². The van der Waals surface area contributed by atoms with Gasteiger partial charge in [0, 0.05) is 24.2 Å². The van der Waals surface area contributed by atoms with E-state index < -0.39 is 47.1 Å². The zero-order chi connectivity index (χ0) is 20.7. The highest BCUT2D eigenvalue weighted by Gasteiger charge is 2.79. The first kappa shape index (κ1) is 24.6. The molecule has 1 rings (SSSR count). The van der Waals surface area contributed by atoms with Crippen molar-refractivity contribution in [3.63, 3.8) is 0 Å². The Morgan fingerprint density at radius 1 is 0.520 bits per heavy atom. The molecule has 7 heteroatoms. The third kappa shape index (κ3) is 3.50. The maximum Gasteiger partial charge on any atom is 0.172 e. The summed E-state index contributed by atoms with van der Waals surface area (Å²) >= 11 is 4.76. The Bertz CT molecular complexity index is 513. The number of rotatable bonds is 6. The predicted octanol–water partition coefficient (Wildman–Crippen LogP) is 7.84. The van der Waals surface area contributed by atoms with E-state index >= 15 is 0 Å². The van der Waals surface area contributed by atoms with Gasteiger partial charge in [-0.25, -0.2) is 0 Å². The van der Waals surface area contributed by atoms with Gasteiger partial charge < -0.3 is 0 Å². The van der Waals surface area contributed by atoms with Crippen LogP contribution < -0.4 is 0 Å². The van der Waals surface area contributed by atoms with Crippen molar-refractivity contribution in [2.75, 3.05) is 0 Å². The Morgan fingerprint density at radius 2 is 0.720 bits per heavy atom. The largest absolute Gasteiger partial charge is 0.172 e. The van der Waals surface area contributed by atoms with Gasteiger partial charge in [-0.1, -0.05) is 108 Å². The van der Waals surface area contributed by atoms with Crippen molar-refractivity contribution in [1.29, 1.82) is 0 Å². The first-order valence-corrected chi connectivity index (χ1v) is 31.7. The number of halogens is 1. The first-order chi connectivity index (χ1) is 10.5. The summed E-state index contributed by atoms with van der Waals surface area (Å²) in [5.74, 6) is 0. The maximum absolute atomic E-state index is 4.76. The molecule has 1 aliphatic heterocycles. The lowest BCUT2D eigenvalue weighted by molar-refractivity contribution is 1.22. The van der Waals surface area contributed by atoms with Crippen LogP contribution in [0.3, 0.4) is 0 Å². The molecule has 0 spiro atoms. The highest BCUT2D eigenvalue weighted by Crippen LogP contribution is 2.73. The fraction of sp³-hybridized carbons (Fsp3) is 0.889. The predicted molar refractivity (Wildman–Crippen MR) is 141 cm³/mol. The molecule has 1 aliphatic rings. The number of hydrogen-bond donors (Lipinski definition) is 0. The molecule has 0 nitrogen and oxygen atoms in total. The van der Waals surface area contributed by atoms with E-state index in [9.17, 15) is 0 Å². The Morgan fingerprint density at radius 3 is 0.840 bits per heavy atom. The molecule has 0 saturated carbocycles. The van der Waals surface area contributed by atoms with E-state index in [1.54, 1.807) is 0 Å². The average Bonchev–Trinajstić information content (AvgIpc) is 2.76. The first-order valence-electron chi connectivity index (χ1n) is 9.94. The molecule has 0 atom stereocenters. The van der Waals surface area contributed by atoms with Gasteiger partial charge in [0.05, 0.1) is 16.1 Å². The van der Waals surface area contributed by atoms with Crippen molar-refractivity contribution in [2.45, 2.75) is 102 Å². The summed E-state index contributed by atoms with van der Waals surface area (Å²) < 4.78 is 0.686. The Kier molecular flexibility index (Phi) is 6.15. The fourth-order valence-electron chi connectivity index (χ4n) is 7.34. The molecule has 25 heavy (non-hydrogen) atoms. The van der Waals surface area contributed by atoms with Crippen LogP contribution in [0.25, 0.3) is 0 Å². The molecule has 0 aromatic carbocycles. The van der Waals surface area contributed by atoms with Gasteiger partial charge in [0.25, 0.3) is 0 Å². The molecule has 0 saturated heterocycles. The monoisotopic (exact) mass is 508 g/mol. The van der Waals surface area contributed by atoms with Gasteiger partial charge in [0.1, 0.15) is 0 Å². The molecule has 148 valence electrons. The lowest BCUT2D eigenvalue weighted by atomic mass is 11.2. The smallest absolute Gasteiger partial charge is 0.116 e. The van der Waals surface area contributed by atoms with E-state index in [4.69, 9.17) is 15.3 Å². The van der Waals surface area contributed by atoms with Crippen LogP contribution in [0.2, 0.25) is 102 Å². The molecule has 1 heterocycles. The van der Waals surface area contributed by atoms with E-state index in [0.29, 0.717) is 3.91 Å². The van der Waals surface area contributed by atoms with Crippen LogP contribution in [0.15, 0.2) is 9.64 Å². The van der Waals surface area contributed by atoms with Gasteiger partial charge >= 0.3 is 0 Å². The summed E-state index contributed by atoms with van der Waals surface area (Å²) in [5, 5.41) is 0. The molecule has 0 fully saturated rings. The Labute approximate surface area is 173 Å². The van der Waals surface area contributed by atoms with E-state index in [1.165, 1.54) is 0 Å². The van der Waals surface area contributed by atoms with Gasteiger partial charge in [-0.2, -0.15) is 0 Å². The van der Waals surface area contributed by atoms with Crippen molar-refractivity contribution in [3.05, 3.63) is 9.64 Å². The SMILES string of the molecule is C[Si](C)(C)C1=C([Si](C)(C)C)[Si]1(Br)C([Si](C)(C)C)([Si](C)(C)C)[Si](C)(C)C.